The molecule has 2 rings (SSSR count). The molecular weight excluding hydrogens is 254 g/mol. The fourth-order valence-electron chi connectivity index (χ4n) is 2.32. The minimum atomic E-state index is 0. The standard InChI is InChI=1S/C12H21N3S.ClH/c1-13-5-2-11-3-6-15(7-4-11)9-12-8-14-10-16-12;/h8,10-11,13H,2-7,9H2,1H3;1H. The Hall–Kier alpha value is -0.160. The monoisotopic (exact) mass is 275 g/mol. The molecule has 3 nitrogen and oxygen atoms in total. The summed E-state index contributed by atoms with van der Waals surface area (Å²) in [4.78, 5) is 8.08. The number of hydrogen-bond donors (Lipinski definition) is 1. The van der Waals surface area contributed by atoms with E-state index in [0.29, 0.717) is 0 Å². The van der Waals surface area contributed by atoms with Crippen LogP contribution < -0.4 is 5.32 Å². The molecule has 0 spiro atoms. The Morgan fingerprint density at radius 3 is 2.82 bits per heavy atom. The fraction of sp³-hybridized carbons (Fsp3) is 0.750. The highest BCUT2D eigenvalue weighted by Gasteiger charge is 2.18. The summed E-state index contributed by atoms with van der Waals surface area (Å²) in [6.45, 7) is 4.78. The average Bonchev–Trinajstić information content (AvgIpc) is 2.81. The molecule has 1 saturated heterocycles. The van der Waals surface area contributed by atoms with E-state index in [1.807, 2.05) is 18.8 Å². The topological polar surface area (TPSA) is 28.2 Å². The maximum absolute atomic E-state index is 4.13. The second-order valence-electron chi connectivity index (χ2n) is 4.58. The fourth-order valence-corrected chi connectivity index (χ4v) is 2.96. The SMILES string of the molecule is CNCCC1CCN(Cc2cncs2)CC1.Cl. The molecule has 1 aliphatic heterocycles. The number of halogens is 1. The van der Waals surface area contributed by atoms with Crippen LogP contribution in [0.25, 0.3) is 0 Å². The van der Waals surface area contributed by atoms with E-state index in [9.17, 15) is 0 Å². The molecule has 1 fully saturated rings. The van der Waals surface area contributed by atoms with Gasteiger partial charge in [0.15, 0.2) is 0 Å². The number of thiazole rings is 1. The second-order valence-corrected chi connectivity index (χ2v) is 5.55. The van der Waals surface area contributed by atoms with Gasteiger partial charge in [-0.2, -0.15) is 0 Å². The highest BCUT2D eigenvalue weighted by Crippen LogP contribution is 2.22. The molecule has 0 saturated carbocycles. The van der Waals surface area contributed by atoms with Gasteiger partial charge < -0.3 is 5.32 Å². The van der Waals surface area contributed by atoms with Gasteiger partial charge in [0, 0.05) is 17.6 Å². The van der Waals surface area contributed by atoms with Crippen LogP contribution in [-0.2, 0) is 6.54 Å². The summed E-state index contributed by atoms with van der Waals surface area (Å²) in [5.41, 5.74) is 1.93. The second kappa shape index (κ2) is 8.03. The number of aromatic nitrogens is 1. The van der Waals surface area contributed by atoms with Gasteiger partial charge in [0.05, 0.1) is 5.51 Å². The molecule has 1 aliphatic rings. The predicted molar refractivity (Wildman–Crippen MR) is 75.9 cm³/mol. The molecule has 0 amide bonds. The molecule has 0 unspecified atom stereocenters. The highest BCUT2D eigenvalue weighted by molar-refractivity contribution is 7.09. The Bertz CT molecular complexity index is 284. The predicted octanol–water partition coefficient (Wildman–Crippen LogP) is 2.39. The first kappa shape index (κ1) is 14.9. The van der Waals surface area contributed by atoms with E-state index in [1.165, 1.54) is 43.8 Å². The third kappa shape index (κ3) is 4.92. The Morgan fingerprint density at radius 2 is 2.24 bits per heavy atom. The Morgan fingerprint density at radius 1 is 1.47 bits per heavy atom. The van der Waals surface area contributed by atoms with Gasteiger partial charge in [-0.3, -0.25) is 9.88 Å². The zero-order valence-electron chi connectivity index (χ0n) is 10.4. The molecule has 98 valence electrons. The zero-order valence-corrected chi connectivity index (χ0v) is 12.0. The number of piperidine rings is 1. The number of likely N-dealkylation sites (tertiary alicyclic amines) is 1. The average molecular weight is 276 g/mol. The molecule has 0 bridgehead atoms. The molecule has 1 N–H and O–H groups in total. The lowest BCUT2D eigenvalue weighted by atomic mass is 9.93. The molecule has 2 heterocycles. The Labute approximate surface area is 114 Å². The maximum Gasteiger partial charge on any atom is 0.0794 e. The highest BCUT2D eigenvalue weighted by atomic mass is 35.5. The van der Waals surface area contributed by atoms with Gasteiger partial charge in [0.1, 0.15) is 0 Å². The van der Waals surface area contributed by atoms with Crippen molar-refractivity contribution in [2.24, 2.45) is 5.92 Å². The third-order valence-electron chi connectivity index (χ3n) is 3.37. The molecule has 0 aromatic carbocycles. The number of nitrogens with one attached hydrogen (secondary N) is 1. The minimum absolute atomic E-state index is 0. The van der Waals surface area contributed by atoms with Gasteiger partial charge in [-0.25, -0.2) is 0 Å². The van der Waals surface area contributed by atoms with Crippen molar-refractivity contribution in [2.45, 2.75) is 25.8 Å². The molecule has 17 heavy (non-hydrogen) atoms. The van der Waals surface area contributed by atoms with Gasteiger partial charge in [-0.15, -0.1) is 23.7 Å². The Kier molecular flexibility index (Phi) is 7.04. The van der Waals surface area contributed by atoms with E-state index in [2.05, 4.69) is 15.2 Å². The van der Waals surface area contributed by atoms with Crippen LogP contribution in [0.3, 0.4) is 0 Å². The smallest absolute Gasteiger partial charge is 0.0794 e. The zero-order chi connectivity index (χ0) is 11.2. The lowest BCUT2D eigenvalue weighted by Crippen LogP contribution is -2.33. The quantitative estimate of drug-likeness (QED) is 0.894. The van der Waals surface area contributed by atoms with Gasteiger partial charge in [-0.05, 0) is 51.9 Å². The Balaban J connectivity index is 0.00000144. The third-order valence-corrected chi connectivity index (χ3v) is 4.14. The van der Waals surface area contributed by atoms with Crippen molar-refractivity contribution in [3.63, 3.8) is 0 Å². The van der Waals surface area contributed by atoms with Crippen LogP contribution in [0.1, 0.15) is 24.1 Å². The van der Waals surface area contributed by atoms with Crippen LogP contribution in [0.2, 0.25) is 0 Å². The number of hydrogen-bond acceptors (Lipinski definition) is 4. The molecule has 0 aliphatic carbocycles. The van der Waals surface area contributed by atoms with Gasteiger partial charge in [-0.1, -0.05) is 0 Å². The molecule has 0 atom stereocenters. The van der Waals surface area contributed by atoms with Crippen molar-refractivity contribution in [1.29, 1.82) is 0 Å². The molecule has 1 aromatic rings. The minimum Gasteiger partial charge on any atom is -0.320 e. The van der Waals surface area contributed by atoms with E-state index in [0.717, 1.165) is 12.5 Å². The van der Waals surface area contributed by atoms with Crippen molar-refractivity contribution < 1.29 is 0 Å². The van der Waals surface area contributed by atoms with E-state index < -0.39 is 0 Å². The van der Waals surface area contributed by atoms with Crippen molar-refractivity contribution >= 4 is 23.7 Å². The van der Waals surface area contributed by atoms with Crippen LogP contribution in [-0.4, -0.2) is 36.6 Å². The number of nitrogens with zero attached hydrogens (tertiary/aromatic N) is 2. The lowest BCUT2D eigenvalue weighted by Gasteiger charge is -2.31. The maximum atomic E-state index is 4.13. The van der Waals surface area contributed by atoms with Crippen LogP contribution >= 0.6 is 23.7 Å². The summed E-state index contributed by atoms with van der Waals surface area (Å²) in [7, 11) is 2.04. The summed E-state index contributed by atoms with van der Waals surface area (Å²) >= 11 is 1.77. The summed E-state index contributed by atoms with van der Waals surface area (Å²) < 4.78 is 0. The molecule has 0 radical (unpaired) electrons. The molecule has 1 aromatic heterocycles. The van der Waals surface area contributed by atoms with Crippen LogP contribution in [0, 0.1) is 5.92 Å². The van der Waals surface area contributed by atoms with Crippen molar-refractivity contribution in [3.8, 4) is 0 Å². The summed E-state index contributed by atoms with van der Waals surface area (Å²) in [6.07, 6.45) is 6.06. The van der Waals surface area contributed by atoms with E-state index >= 15 is 0 Å². The normalized spacial score (nSPS) is 17.9. The van der Waals surface area contributed by atoms with Crippen molar-refractivity contribution in [2.75, 3.05) is 26.7 Å². The van der Waals surface area contributed by atoms with Crippen molar-refractivity contribution in [3.05, 3.63) is 16.6 Å². The van der Waals surface area contributed by atoms with E-state index in [1.54, 1.807) is 11.3 Å². The number of rotatable bonds is 5. The largest absolute Gasteiger partial charge is 0.320 e. The van der Waals surface area contributed by atoms with Gasteiger partial charge in [0.2, 0.25) is 0 Å². The first-order valence-electron chi connectivity index (χ1n) is 6.13. The molecular formula is C12H22ClN3S. The van der Waals surface area contributed by atoms with Crippen LogP contribution in [0.4, 0.5) is 0 Å². The van der Waals surface area contributed by atoms with Crippen molar-refractivity contribution in [1.82, 2.24) is 15.2 Å². The lowest BCUT2D eigenvalue weighted by molar-refractivity contribution is 0.173. The van der Waals surface area contributed by atoms with E-state index in [-0.39, 0.29) is 12.4 Å². The van der Waals surface area contributed by atoms with Gasteiger partial charge >= 0.3 is 0 Å². The van der Waals surface area contributed by atoms with Crippen LogP contribution in [0.5, 0.6) is 0 Å². The van der Waals surface area contributed by atoms with E-state index in [4.69, 9.17) is 0 Å². The first-order valence-corrected chi connectivity index (χ1v) is 7.01. The molecule has 5 heteroatoms. The summed E-state index contributed by atoms with van der Waals surface area (Å²) in [5.74, 6) is 0.935. The van der Waals surface area contributed by atoms with Crippen LogP contribution in [0.15, 0.2) is 11.7 Å². The first-order chi connectivity index (χ1) is 7.88. The summed E-state index contributed by atoms with van der Waals surface area (Å²) in [5, 5.41) is 3.24. The van der Waals surface area contributed by atoms with Gasteiger partial charge in [0.25, 0.3) is 0 Å². The summed E-state index contributed by atoms with van der Waals surface area (Å²) in [6, 6.07) is 0.